The second kappa shape index (κ2) is 6.94. The molecule has 0 spiro atoms. The molecule has 3 nitrogen and oxygen atoms in total. The number of benzene rings is 1. The highest BCUT2D eigenvalue weighted by Gasteiger charge is 2.17. The second-order valence-electron chi connectivity index (χ2n) is 5.18. The minimum atomic E-state index is 0.167. The van der Waals surface area contributed by atoms with E-state index in [-0.39, 0.29) is 11.9 Å². The van der Waals surface area contributed by atoms with Gasteiger partial charge in [0.05, 0.1) is 6.26 Å². The van der Waals surface area contributed by atoms with Crippen LogP contribution < -0.4 is 0 Å². The summed E-state index contributed by atoms with van der Waals surface area (Å²) in [7, 11) is 0. The highest BCUT2D eigenvalue weighted by atomic mass is 16.3. The molecule has 1 heterocycles. The quantitative estimate of drug-likeness (QED) is 0.803. The first-order valence-corrected chi connectivity index (χ1v) is 7.02. The molecular formula is C17H21NO2. The molecule has 3 heteroatoms. The second-order valence-corrected chi connectivity index (χ2v) is 5.18. The molecular weight excluding hydrogens is 250 g/mol. The van der Waals surface area contributed by atoms with E-state index < -0.39 is 0 Å². The average Bonchev–Trinajstić information content (AvgIpc) is 2.96. The van der Waals surface area contributed by atoms with Gasteiger partial charge in [-0.2, -0.15) is 0 Å². The van der Waals surface area contributed by atoms with Gasteiger partial charge in [0.25, 0.3) is 0 Å². The number of carbonyl (C=O) groups is 1. The van der Waals surface area contributed by atoms with E-state index in [1.807, 2.05) is 49.1 Å². The fraction of sp³-hybridized carbons (Fsp3) is 0.353. The summed E-state index contributed by atoms with van der Waals surface area (Å²) in [6.07, 6.45) is 2.78. The standard InChI is InChI=1S/C17H21NO2/c1-14(2)18(13-15-7-4-3-5-8-15)17(19)11-10-16-9-6-12-20-16/h3-9,12,14H,10-11,13H2,1-2H3. The molecule has 0 bridgehead atoms. The summed E-state index contributed by atoms with van der Waals surface area (Å²) >= 11 is 0. The van der Waals surface area contributed by atoms with Crippen molar-refractivity contribution in [1.82, 2.24) is 4.90 Å². The molecule has 1 amide bonds. The summed E-state index contributed by atoms with van der Waals surface area (Å²) in [4.78, 5) is 14.3. The fourth-order valence-corrected chi connectivity index (χ4v) is 2.17. The molecule has 2 aromatic rings. The van der Waals surface area contributed by atoms with Crippen molar-refractivity contribution in [3.8, 4) is 0 Å². The largest absolute Gasteiger partial charge is 0.469 e. The Bertz CT molecular complexity index is 517. The molecule has 0 N–H and O–H groups in total. The molecule has 0 aliphatic rings. The lowest BCUT2D eigenvalue weighted by Crippen LogP contribution is -2.36. The van der Waals surface area contributed by atoms with Gasteiger partial charge in [-0.15, -0.1) is 0 Å². The van der Waals surface area contributed by atoms with Gasteiger partial charge in [0, 0.05) is 25.4 Å². The zero-order valence-electron chi connectivity index (χ0n) is 12.1. The van der Waals surface area contributed by atoms with Crippen molar-refractivity contribution in [2.75, 3.05) is 0 Å². The van der Waals surface area contributed by atoms with Crippen molar-refractivity contribution < 1.29 is 9.21 Å². The number of rotatable bonds is 6. The van der Waals surface area contributed by atoms with Crippen molar-refractivity contribution in [1.29, 1.82) is 0 Å². The van der Waals surface area contributed by atoms with Crippen molar-refractivity contribution in [2.24, 2.45) is 0 Å². The molecule has 0 radical (unpaired) electrons. The fourth-order valence-electron chi connectivity index (χ4n) is 2.17. The van der Waals surface area contributed by atoms with Crippen LogP contribution in [0.15, 0.2) is 53.1 Å². The normalized spacial score (nSPS) is 10.8. The Morgan fingerprint density at radius 3 is 2.50 bits per heavy atom. The maximum absolute atomic E-state index is 12.4. The van der Waals surface area contributed by atoms with Crippen LogP contribution in [-0.4, -0.2) is 16.8 Å². The molecule has 0 saturated heterocycles. The summed E-state index contributed by atoms with van der Waals surface area (Å²) in [5.41, 5.74) is 1.16. The van der Waals surface area contributed by atoms with Gasteiger partial charge in [-0.05, 0) is 31.5 Å². The molecule has 1 aromatic heterocycles. The van der Waals surface area contributed by atoms with Gasteiger partial charge >= 0.3 is 0 Å². The van der Waals surface area contributed by atoms with E-state index in [4.69, 9.17) is 4.42 Å². The van der Waals surface area contributed by atoms with E-state index in [0.29, 0.717) is 19.4 Å². The monoisotopic (exact) mass is 271 g/mol. The smallest absolute Gasteiger partial charge is 0.223 e. The van der Waals surface area contributed by atoms with E-state index in [2.05, 4.69) is 12.1 Å². The first-order valence-electron chi connectivity index (χ1n) is 7.02. The number of nitrogens with zero attached hydrogens (tertiary/aromatic N) is 1. The molecule has 0 unspecified atom stereocenters. The molecule has 20 heavy (non-hydrogen) atoms. The van der Waals surface area contributed by atoms with Crippen molar-refractivity contribution >= 4 is 5.91 Å². The van der Waals surface area contributed by atoms with Crippen LogP contribution in [0.1, 0.15) is 31.6 Å². The van der Waals surface area contributed by atoms with Gasteiger partial charge in [0.1, 0.15) is 5.76 Å². The van der Waals surface area contributed by atoms with Crippen LogP contribution >= 0.6 is 0 Å². The zero-order chi connectivity index (χ0) is 14.4. The van der Waals surface area contributed by atoms with E-state index in [9.17, 15) is 4.79 Å². The SMILES string of the molecule is CC(C)N(Cc1ccccc1)C(=O)CCc1ccco1. The van der Waals surface area contributed by atoms with Crippen LogP contribution in [0.25, 0.3) is 0 Å². The van der Waals surface area contributed by atoms with Crippen LogP contribution in [0.5, 0.6) is 0 Å². The Labute approximate surface area is 120 Å². The maximum atomic E-state index is 12.4. The molecule has 0 fully saturated rings. The summed E-state index contributed by atoms with van der Waals surface area (Å²) < 4.78 is 5.27. The summed E-state index contributed by atoms with van der Waals surface area (Å²) in [6.45, 7) is 4.76. The summed E-state index contributed by atoms with van der Waals surface area (Å²) in [5.74, 6) is 1.03. The average molecular weight is 271 g/mol. The number of hydrogen-bond donors (Lipinski definition) is 0. The van der Waals surface area contributed by atoms with Crippen molar-refractivity contribution in [3.05, 3.63) is 60.1 Å². The van der Waals surface area contributed by atoms with Crippen LogP contribution in [0.4, 0.5) is 0 Å². The minimum absolute atomic E-state index is 0.167. The summed E-state index contributed by atoms with van der Waals surface area (Å²) in [6, 6.07) is 14.0. The first-order chi connectivity index (χ1) is 9.66. The predicted molar refractivity (Wildman–Crippen MR) is 79.2 cm³/mol. The minimum Gasteiger partial charge on any atom is -0.469 e. The van der Waals surface area contributed by atoms with Crippen molar-refractivity contribution in [2.45, 2.75) is 39.3 Å². The first kappa shape index (κ1) is 14.4. The number of amides is 1. The predicted octanol–water partition coefficient (Wildman–Crippen LogP) is 3.65. The van der Waals surface area contributed by atoms with Crippen LogP contribution in [-0.2, 0) is 17.8 Å². The molecule has 0 atom stereocenters. The van der Waals surface area contributed by atoms with Gasteiger partial charge < -0.3 is 9.32 Å². The van der Waals surface area contributed by atoms with Gasteiger partial charge in [-0.25, -0.2) is 0 Å². The lowest BCUT2D eigenvalue weighted by atomic mass is 10.1. The van der Waals surface area contributed by atoms with E-state index >= 15 is 0 Å². The number of furan rings is 1. The van der Waals surface area contributed by atoms with Gasteiger partial charge in [-0.1, -0.05) is 30.3 Å². The zero-order valence-corrected chi connectivity index (χ0v) is 12.1. The molecule has 1 aromatic carbocycles. The number of hydrogen-bond acceptors (Lipinski definition) is 2. The Kier molecular flexibility index (Phi) is 4.99. The molecule has 106 valence electrons. The van der Waals surface area contributed by atoms with Crippen LogP contribution in [0.2, 0.25) is 0 Å². The Morgan fingerprint density at radius 2 is 1.90 bits per heavy atom. The van der Waals surface area contributed by atoms with Gasteiger partial charge in [0.2, 0.25) is 5.91 Å². The van der Waals surface area contributed by atoms with Gasteiger partial charge in [0.15, 0.2) is 0 Å². The number of aryl methyl sites for hydroxylation is 1. The highest BCUT2D eigenvalue weighted by molar-refractivity contribution is 5.76. The Hall–Kier alpha value is -2.03. The highest BCUT2D eigenvalue weighted by Crippen LogP contribution is 2.12. The topological polar surface area (TPSA) is 33.5 Å². The van der Waals surface area contributed by atoms with E-state index in [0.717, 1.165) is 11.3 Å². The van der Waals surface area contributed by atoms with Crippen LogP contribution in [0.3, 0.4) is 0 Å². The summed E-state index contributed by atoms with van der Waals surface area (Å²) in [5, 5.41) is 0. The van der Waals surface area contributed by atoms with E-state index in [1.54, 1.807) is 6.26 Å². The number of carbonyl (C=O) groups excluding carboxylic acids is 1. The lowest BCUT2D eigenvalue weighted by molar-refractivity contribution is -0.133. The molecule has 0 aliphatic heterocycles. The third-order valence-corrected chi connectivity index (χ3v) is 3.30. The molecule has 0 saturated carbocycles. The van der Waals surface area contributed by atoms with Crippen LogP contribution in [0, 0.1) is 0 Å². The molecule has 2 rings (SSSR count). The third kappa shape index (κ3) is 3.98. The van der Waals surface area contributed by atoms with E-state index in [1.165, 1.54) is 0 Å². The lowest BCUT2D eigenvalue weighted by Gasteiger charge is -2.27. The Balaban J connectivity index is 1.95. The molecule has 0 aliphatic carbocycles. The maximum Gasteiger partial charge on any atom is 0.223 e. The third-order valence-electron chi connectivity index (χ3n) is 3.30. The van der Waals surface area contributed by atoms with Gasteiger partial charge in [-0.3, -0.25) is 4.79 Å². The van der Waals surface area contributed by atoms with Crippen molar-refractivity contribution in [3.63, 3.8) is 0 Å². The Morgan fingerprint density at radius 1 is 1.15 bits per heavy atom.